The molecule has 0 aromatic heterocycles. The minimum atomic E-state index is -0.775. The summed E-state index contributed by atoms with van der Waals surface area (Å²) in [5.41, 5.74) is 0.792. The van der Waals surface area contributed by atoms with Gasteiger partial charge in [-0.3, -0.25) is 4.79 Å². The number of carbonyl (C=O) groups excluding carboxylic acids is 2. The third kappa shape index (κ3) is 3.92. The van der Waals surface area contributed by atoms with Crippen LogP contribution in [0.3, 0.4) is 0 Å². The molecule has 0 atom stereocenters. The first-order valence-corrected chi connectivity index (χ1v) is 5.37. The molecule has 0 aliphatic rings. The van der Waals surface area contributed by atoms with E-state index >= 15 is 0 Å². The van der Waals surface area contributed by atoms with Crippen LogP contribution in [0.5, 0.6) is 0 Å². The summed E-state index contributed by atoms with van der Waals surface area (Å²) in [5.74, 6) is 0. The molecule has 0 bridgehead atoms. The van der Waals surface area contributed by atoms with Crippen LogP contribution in [0.1, 0.15) is 12.5 Å². The molecule has 17 heavy (non-hydrogen) atoms. The third-order valence-electron chi connectivity index (χ3n) is 1.89. The van der Waals surface area contributed by atoms with Crippen LogP contribution in [0, 0.1) is 0 Å². The molecule has 0 N–H and O–H groups in total. The van der Waals surface area contributed by atoms with Crippen LogP contribution in [0.4, 0.5) is 4.79 Å². The molecule has 90 valence electrons. The summed E-state index contributed by atoms with van der Waals surface area (Å²) < 4.78 is 5.34. The second-order valence-corrected chi connectivity index (χ2v) is 3.42. The number of hydrogen-bond donors (Lipinski definition) is 0. The molecule has 0 unspecified atom stereocenters. The van der Waals surface area contributed by atoms with E-state index in [2.05, 4.69) is 4.74 Å². The van der Waals surface area contributed by atoms with Crippen molar-refractivity contribution in [3.63, 3.8) is 0 Å². The predicted octanol–water partition coefficient (Wildman–Crippen LogP) is 2.84. The second kappa shape index (κ2) is 6.70. The van der Waals surface area contributed by atoms with Crippen molar-refractivity contribution in [3.8, 4) is 0 Å². The van der Waals surface area contributed by atoms with Gasteiger partial charge in [0.1, 0.15) is 5.70 Å². The molecule has 1 aromatic rings. The smallest absolute Gasteiger partial charge is 0.429 e. The van der Waals surface area contributed by atoms with E-state index in [1.165, 1.54) is 6.08 Å². The highest BCUT2D eigenvalue weighted by Crippen LogP contribution is 2.13. The molecule has 0 radical (unpaired) electrons. The molecule has 0 aliphatic heterocycles. The Bertz CT molecular complexity index is 417. The molecule has 1 rings (SSSR count). The van der Waals surface area contributed by atoms with Gasteiger partial charge in [0.05, 0.1) is 6.61 Å². The standard InChI is InChI=1S/C12H12ClNO3/c1-2-17-12(16)14(13)11(9-15)8-10-6-4-3-5-7-10/h3-9H,2H2,1H3. The van der Waals surface area contributed by atoms with E-state index in [9.17, 15) is 9.59 Å². The number of ether oxygens (including phenoxy) is 1. The largest absolute Gasteiger partial charge is 0.449 e. The lowest BCUT2D eigenvalue weighted by atomic mass is 10.2. The zero-order valence-corrected chi connectivity index (χ0v) is 10.1. The summed E-state index contributed by atoms with van der Waals surface area (Å²) in [7, 11) is 0. The molecule has 0 saturated carbocycles. The monoisotopic (exact) mass is 253 g/mol. The minimum absolute atomic E-state index is 0.0244. The molecule has 5 heteroatoms. The summed E-state index contributed by atoms with van der Waals surface area (Å²) in [6.07, 6.45) is 1.22. The van der Waals surface area contributed by atoms with Gasteiger partial charge in [-0.25, -0.2) is 4.79 Å². The number of allylic oxidation sites excluding steroid dienone is 1. The normalized spacial score (nSPS) is 10.8. The van der Waals surface area contributed by atoms with Gasteiger partial charge >= 0.3 is 6.09 Å². The first-order chi connectivity index (χ1) is 8.19. The van der Waals surface area contributed by atoms with Crippen molar-refractivity contribution in [1.29, 1.82) is 0 Å². The van der Waals surface area contributed by atoms with Crippen molar-refractivity contribution < 1.29 is 14.3 Å². The van der Waals surface area contributed by atoms with Crippen LogP contribution in [0.25, 0.3) is 6.08 Å². The topological polar surface area (TPSA) is 46.6 Å². The van der Waals surface area contributed by atoms with Gasteiger partial charge in [0.2, 0.25) is 0 Å². The maximum atomic E-state index is 11.3. The Kier molecular flexibility index (Phi) is 5.23. The maximum absolute atomic E-state index is 11.3. The van der Waals surface area contributed by atoms with Gasteiger partial charge in [0, 0.05) is 11.8 Å². The summed E-state index contributed by atoms with van der Waals surface area (Å²) in [4.78, 5) is 22.2. The number of aldehydes is 1. The van der Waals surface area contributed by atoms with Gasteiger partial charge in [-0.15, -0.1) is 0 Å². The maximum Gasteiger partial charge on any atom is 0.429 e. The van der Waals surface area contributed by atoms with Gasteiger partial charge in [-0.05, 0) is 18.6 Å². The Labute approximate surface area is 105 Å². The fourth-order valence-electron chi connectivity index (χ4n) is 1.14. The summed E-state index contributed by atoms with van der Waals surface area (Å²) >= 11 is 5.69. The minimum Gasteiger partial charge on any atom is -0.449 e. The van der Waals surface area contributed by atoms with E-state index in [0.29, 0.717) is 10.7 Å². The number of halogens is 1. The molecule has 0 heterocycles. The van der Waals surface area contributed by atoms with Crippen molar-refractivity contribution >= 4 is 30.2 Å². The number of rotatable bonds is 4. The van der Waals surface area contributed by atoms with Gasteiger partial charge < -0.3 is 4.74 Å². The predicted molar refractivity (Wildman–Crippen MR) is 65.2 cm³/mol. The Balaban J connectivity index is 2.88. The highest BCUT2D eigenvalue weighted by molar-refractivity contribution is 6.23. The third-order valence-corrected chi connectivity index (χ3v) is 2.22. The zero-order valence-electron chi connectivity index (χ0n) is 9.30. The average Bonchev–Trinajstić information content (AvgIpc) is 2.36. The molecule has 0 saturated heterocycles. The summed E-state index contributed by atoms with van der Waals surface area (Å²) in [5, 5.41) is 0. The SMILES string of the molecule is CCOC(=O)N(Cl)C(C=O)=Cc1ccccc1. The molecule has 0 spiro atoms. The lowest BCUT2D eigenvalue weighted by Gasteiger charge is -2.12. The van der Waals surface area contributed by atoms with E-state index in [1.54, 1.807) is 19.1 Å². The lowest BCUT2D eigenvalue weighted by Crippen LogP contribution is -2.22. The Hall–Kier alpha value is -1.81. The second-order valence-electron chi connectivity index (χ2n) is 3.08. The van der Waals surface area contributed by atoms with Crippen molar-refractivity contribution in [3.05, 3.63) is 41.6 Å². The number of nitrogens with zero attached hydrogens (tertiary/aromatic N) is 1. The highest BCUT2D eigenvalue weighted by atomic mass is 35.5. The van der Waals surface area contributed by atoms with Crippen LogP contribution < -0.4 is 0 Å². The quantitative estimate of drug-likeness (QED) is 0.471. The molecular weight excluding hydrogens is 242 g/mol. The van der Waals surface area contributed by atoms with Gasteiger partial charge in [0.25, 0.3) is 0 Å². The van der Waals surface area contributed by atoms with E-state index in [1.807, 2.05) is 18.2 Å². The lowest BCUT2D eigenvalue weighted by molar-refractivity contribution is -0.105. The van der Waals surface area contributed by atoms with Crippen molar-refractivity contribution in [2.24, 2.45) is 0 Å². The molecule has 0 aliphatic carbocycles. The average molecular weight is 254 g/mol. The summed E-state index contributed by atoms with van der Waals surface area (Å²) in [6.45, 7) is 1.85. The van der Waals surface area contributed by atoms with Crippen LogP contribution >= 0.6 is 11.8 Å². The van der Waals surface area contributed by atoms with Gasteiger partial charge in [0.15, 0.2) is 6.29 Å². The van der Waals surface area contributed by atoms with E-state index in [-0.39, 0.29) is 12.3 Å². The number of hydrogen-bond acceptors (Lipinski definition) is 3. The first kappa shape index (κ1) is 13.3. The van der Waals surface area contributed by atoms with E-state index < -0.39 is 6.09 Å². The van der Waals surface area contributed by atoms with Crippen molar-refractivity contribution in [2.45, 2.75) is 6.92 Å². The Morgan fingerprint density at radius 2 is 2.06 bits per heavy atom. The molecule has 1 amide bonds. The van der Waals surface area contributed by atoms with Gasteiger partial charge in [-0.1, -0.05) is 30.3 Å². The molecular formula is C12H12ClNO3. The van der Waals surface area contributed by atoms with Crippen LogP contribution in [0.15, 0.2) is 36.0 Å². The van der Waals surface area contributed by atoms with E-state index in [0.717, 1.165) is 5.56 Å². The number of benzene rings is 1. The first-order valence-electron chi connectivity index (χ1n) is 5.03. The number of carbonyl (C=O) groups is 2. The Morgan fingerprint density at radius 3 is 2.59 bits per heavy atom. The fourth-order valence-corrected chi connectivity index (χ4v) is 1.28. The molecule has 1 aromatic carbocycles. The van der Waals surface area contributed by atoms with Crippen LogP contribution in [-0.4, -0.2) is 23.4 Å². The van der Waals surface area contributed by atoms with Gasteiger partial charge in [-0.2, -0.15) is 4.42 Å². The zero-order chi connectivity index (χ0) is 12.7. The summed E-state index contributed by atoms with van der Waals surface area (Å²) in [6, 6.07) is 9.06. The van der Waals surface area contributed by atoms with Crippen LogP contribution in [-0.2, 0) is 9.53 Å². The molecule has 4 nitrogen and oxygen atoms in total. The van der Waals surface area contributed by atoms with Crippen molar-refractivity contribution in [1.82, 2.24) is 4.42 Å². The highest BCUT2D eigenvalue weighted by Gasteiger charge is 2.16. The number of amides is 1. The van der Waals surface area contributed by atoms with Crippen LogP contribution in [0.2, 0.25) is 0 Å². The fraction of sp³-hybridized carbons (Fsp3) is 0.167. The molecule has 0 fully saturated rings. The Morgan fingerprint density at radius 1 is 1.41 bits per heavy atom. The van der Waals surface area contributed by atoms with Crippen molar-refractivity contribution in [2.75, 3.05) is 6.61 Å². The van der Waals surface area contributed by atoms with E-state index in [4.69, 9.17) is 11.8 Å².